The van der Waals surface area contributed by atoms with Crippen molar-refractivity contribution in [2.24, 2.45) is 5.73 Å². The van der Waals surface area contributed by atoms with Gasteiger partial charge in [0, 0.05) is 4.88 Å². The quantitative estimate of drug-likeness (QED) is 0.829. The number of halogens is 1. The molecule has 0 aliphatic carbocycles. The number of rotatable bonds is 2. The van der Waals surface area contributed by atoms with Gasteiger partial charge < -0.3 is 11.1 Å². The zero-order chi connectivity index (χ0) is 9.14. The molecular weight excluding hydrogens is 240 g/mol. The maximum atomic E-state index is 10.5. The molecule has 1 aromatic rings. The molecule has 0 unspecified atom stereocenters. The number of urea groups is 1. The highest BCUT2D eigenvalue weighted by Crippen LogP contribution is 2.26. The van der Waals surface area contributed by atoms with Crippen LogP contribution in [0.4, 0.5) is 4.79 Å². The molecule has 12 heavy (non-hydrogen) atoms. The van der Waals surface area contributed by atoms with Crippen LogP contribution < -0.4 is 11.1 Å². The highest BCUT2D eigenvalue weighted by Gasteiger charge is 2.08. The van der Waals surface area contributed by atoms with Gasteiger partial charge in [-0.1, -0.05) is 0 Å². The van der Waals surface area contributed by atoms with Gasteiger partial charge in [0.2, 0.25) is 0 Å². The summed E-state index contributed by atoms with van der Waals surface area (Å²) in [6, 6.07) is 3.39. The number of carbonyl (C=O) groups excluding carboxylic acids is 1. The van der Waals surface area contributed by atoms with Crippen LogP contribution in [0, 0.1) is 0 Å². The van der Waals surface area contributed by atoms with Gasteiger partial charge in [0.1, 0.15) is 0 Å². The summed E-state index contributed by atoms with van der Waals surface area (Å²) in [7, 11) is 0. The number of primary amides is 1. The van der Waals surface area contributed by atoms with Gasteiger partial charge in [0.25, 0.3) is 0 Å². The summed E-state index contributed by atoms with van der Waals surface area (Å²) in [6.07, 6.45) is 0. The molecule has 0 spiro atoms. The molecule has 2 amide bonds. The van der Waals surface area contributed by atoms with E-state index in [1.165, 1.54) is 0 Å². The second-order valence-corrected chi connectivity index (χ2v) is 4.87. The lowest BCUT2D eigenvalue weighted by Crippen LogP contribution is -2.31. The number of hydrogen-bond acceptors (Lipinski definition) is 2. The SMILES string of the molecule is C[C@H](NC(N)=O)c1ccc(Br)s1. The van der Waals surface area contributed by atoms with E-state index in [0.717, 1.165) is 8.66 Å². The zero-order valence-electron chi connectivity index (χ0n) is 6.50. The highest BCUT2D eigenvalue weighted by atomic mass is 79.9. The fourth-order valence-corrected chi connectivity index (χ4v) is 2.27. The summed E-state index contributed by atoms with van der Waals surface area (Å²) < 4.78 is 1.05. The van der Waals surface area contributed by atoms with E-state index < -0.39 is 6.03 Å². The van der Waals surface area contributed by atoms with Gasteiger partial charge in [-0.15, -0.1) is 11.3 Å². The number of thiophene rings is 1. The van der Waals surface area contributed by atoms with Crippen LogP contribution in [-0.2, 0) is 0 Å². The molecule has 1 rings (SSSR count). The Morgan fingerprint density at radius 3 is 2.83 bits per heavy atom. The Kier molecular flexibility index (Phi) is 3.11. The van der Waals surface area contributed by atoms with Crippen LogP contribution in [0.3, 0.4) is 0 Å². The maximum absolute atomic E-state index is 10.5. The van der Waals surface area contributed by atoms with Crippen molar-refractivity contribution in [3.05, 3.63) is 20.8 Å². The first kappa shape index (κ1) is 9.54. The Balaban J connectivity index is 2.64. The van der Waals surface area contributed by atoms with Gasteiger partial charge in [0.05, 0.1) is 9.83 Å². The summed E-state index contributed by atoms with van der Waals surface area (Å²) in [5, 5.41) is 2.60. The standard InChI is InChI=1S/C7H9BrN2OS/c1-4(10-7(9)11)5-2-3-6(8)12-5/h2-4H,1H3,(H3,9,10,11)/t4-/m0/s1. The van der Waals surface area contributed by atoms with Crippen LogP contribution in [0.2, 0.25) is 0 Å². The van der Waals surface area contributed by atoms with E-state index in [1.54, 1.807) is 11.3 Å². The average Bonchev–Trinajstić information content (AvgIpc) is 2.34. The van der Waals surface area contributed by atoms with E-state index in [-0.39, 0.29) is 6.04 Å². The molecule has 1 atom stereocenters. The monoisotopic (exact) mass is 248 g/mol. The van der Waals surface area contributed by atoms with Crippen LogP contribution in [0.25, 0.3) is 0 Å². The van der Waals surface area contributed by atoms with Gasteiger partial charge in [0.15, 0.2) is 0 Å². The molecule has 0 fully saturated rings. The third kappa shape index (κ3) is 2.49. The molecule has 5 heteroatoms. The summed E-state index contributed by atoms with van der Waals surface area (Å²) in [5.41, 5.74) is 4.98. The molecule has 1 aromatic heterocycles. The Bertz CT molecular complexity index is 287. The molecule has 0 saturated heterocycles. The Hall–Kier alpha value is -0.550. The van der Waals surface area contributed by atoms with Crippen molar-refractivity contribution in [3.8, 4) is 0 Å². The second-order valence-electron chi connectivity index (χ2n) is 2.37. The molecule has 1 heterocycles. The summed E-state index contributed by atoms with van der Waals surface area (Å²) >= 11 is 4.93. The normalized spacial score (nSPS) is 12.5. The first-order chi connectivity index (χ1) is 5.59. The third-order valence-electron chi connectivity index (χ3n) is 1.38. The zero-order valence-corrected chi connectivity index (χ0v) is 8.91. The van der Waals surface area contributed by atoms with E-state index in [0.29, 0.717) is 0 Å². The Morgan fingerprint density at radius 1 is 1.75 bits per heavy atom. The van der Waals surface area contributed by atoms with Crippen molar-refractivity contribution in [1.29, 1.82) is 0 Å². The van der Waals surface area contributed by atoms with Crippen molar-refractivity contribution < 1.29 is 4.79 Å². The van der Waals surface area contributed by atoms with Crippen molar-refractivity contribution >= 4 is 33.3 Å². The fraction of sp³-hybridized carbons (Fsp3) is 0.286. The van der Waals surface area contributed by atoms with Crippen LogP contribution in [0.5, 0.6) is 0 Å². The fourth-order valence-electron chi connectivity index (χ4n) is 0.846. The first-order valence-corrected chi connectivity index (χ1v) is 5.01. The van der Waals surface area contributed by atoms with Crippen molar-refractivity contribution in [3.63, 3.8) is 0 Å². The molecule has 0 radical (unpaired) electrons. The van der Waals surface area contributed by atoms with E-state index in [2.05, 4.69) is 21.2 Å². The number of carbonyl (C=O) groups is 1. The molecule has 3 N–H and O–H groups in total. The Morgan fingerprint density at radius 2 is 2.42 bits per heavy atom. The summed E-state index contributed by atoms with van der Waals surface area (Å²) in [4.78, 5) is 11.6. The molecule has 66 valence electrons. The van der Waals surface area contributed by atoms with Gasteiger partial charge in [-0.05, 0) is 35.0 Å². The van der Waals surface area contributed by atoms with Gasteiger partial charge in [-0.2, -0.15) is 0 Å². The molecule has 0 aliphatic rings. The summed E-state index contributed by atoms with van der Waals surface area (Å²) in [6.45, 7) is 1.89. The predicted molar refractivity (Wildman–Crippen MR) is 53.2 cm³/mol. The average molecular weight is 249 g/mol. The number of amides is 2. The van der Waals surface area contributed by atoms with E-state index in [4.69, 9.17) is 5.73 Å². The van der Waals surface area contributed by atoms with Crippen molar-refractivity contribution in [1.82, 2.24) is 5.32 Å². The molecule has 3 nitrogen and oxygen atoms in total. The smallest absolute Gasteiger partial charge is 0.312 e. The summed E-state index contributed by atoms with van der Waals surface area (Å²) in [5.74, 6) is 0. The predicted octanol–water partition coefficient (Wildman–Crippen LogP) is 2.24. The maximum Gasteiger partial charge on any atom is 0.312 e. The lowest BCUT2D eigenvalue weighted by atomic mass is 10.3. The topological polar surface area (TPSA) is 55.1 Å². The van der Waals surface area contributed by atoms with Crippen molar-refractivity contribution in [2.75, 3.05) is 0 Å². The van der Waals surface area contributed by atoms with E-state index in [1.807, 2.05) is 19.1 Å². The van der Waals surface area contributed by atoms with E-state index >= 15 is 0 Å². The van der Waals surface area contributed by atoms with Gasteiger partial charge >= 0.3 is 6.03 Å². The number of nitrogens with one attached hydrogen (secondary N) is 1. The van der Waals surface area contributed by atoms with E-state index in [9.17, 15) is 4.79 Å². The van der Waals surface area contributed by atoms with Crippen molar-refractivity contribution in [2.45, 2.75) is 13.0 Å². The lowest BCUT2D eigenvalue weighted by molar-refractivity contribution is 0.246. The molecule has 0 aromatic carbocycles. The lowest BCUT2D eigenvalue weighted by Gasteiger charge is -2.08. The highest BCUT2D eigenvalue weighted by molar-refractivity contribution is 9.11. The number of hydrogen-bond donors (Lipinski definition) is 2. The van der Waals surface area contributed by atoms with Gasteiger partial charge in [-0.25, -0.2) is 4.79 Å². The van der Waals surface area contributed by atoms with Gasteiger partial charge in [-0.3, -0.25) is 0 Å². The second kappa shape index (κ2) is 3.91. The minimum absolute atomic E-state index is 0.0150. The van der Waals surface area contributed by atoms with Crippen LogP contribution >= 0.6 is 27.3 Å². The molecule has 0 saturated carbocycles. The third-order valence-corrected chi connectivity index (χ3v) is 3.19. The van der Waals surface area contributed by atoms with Crippen LogP contribution in [0.15, 0.2) is 15.9 Å². The minimum atomic E-state index is -0.493. The molecular formula is C7H9BrN2OS. The van der Waals surface area contributed by atoms with Crippen LogP contribution in [0.1, 0.15) is 17.8 Å². The largest absolute Gasteiger partial charge is 0.352 e. The molecule has 0 bridgehead atoms. The number of nitrogens with two attached hydrogens (primary N) is 1. The van der Waals surface area contributed by atoms with Crippen LogP contribution in [-0.4, -0.2) is 6.03 Å². The minimum Gasteiger partial charge on any atom is -0.352 e. The Labute approximate surface area is 83.1 Å². The molecule has 0 aliphatic heterocycles. The first-order valence-electron chi connectivity index (χ1n) is 3.41.